The van der Waals surface area contributed by atoms with Crippen LogP contribution in [0.5, 0.6) is 5.75 Å². The number of oxime groups is 1. The molecule has 3 rings (SSSR count). The molecule has 9 nitrogen and oxygen atoms in total. The minimum atomic E-state index is -2.69. The normalized spacial score (nSPS) is 16.5. The SMILES string of the molecule is CO/N=C(/N)c1ccc(CNC(=O)C2CCN2C(=O)C(O)c2cc(Cl)cc(OCC(F)F)c2)cc1. The number of ether oxygens (including phenoxy) is 1. The molecule has 2 atom stereocenters. The Hall–Kier alpha value is -3.44. The predicted octanol–water partition coefficient (Wildman–Crippen LogP) is 2.20. The molecule has 2 aromatic carbocycles. The van der Waals surface area contributed by atoms with Crippen LogP contribution in [0.3, 0.4) is 0 Å². The van der Waals surface area contributed by atoms with Gasteiger partial charge in [-0.15, -0.1) is 0 Å². The van der Waals surface area contributed by atoms with E-state index in [0.717, 1.165) is 5.56 Å². The summed E-state index contributed by atoms with van der Waals surface area (Å²) in [5.41, 5.74) is 7.30. The molecule has 1 fully saturated rings. The highest BCUT2D eigenvalue weighted by Crippen LogP contribution is 2.29. The Balaban J connectivity index is 1.58. The molecule has 12 heteroatoms. The molecule has 4 N–H and O–H groups in total. The van der Waals surface area contributed by atoms with E-state index in [1.807, 2.05) is 0 Å². The van der Waals surface area contributed by atoms with Crippen LogP contribution in [-0.4, -0.2) is 60.4 Å². The smallest absolute Gasteiger partial charge is 0.272 e. The highest BCUT2D eigenvalue weighted by molar-refractivity contribution is 6.30. The fraction of sp³-hybridized carbons (Fsp3) is 0.348. The lowest BCUT2D eigenvalue weighted by atomic mass is 9.98. The maximum Gasteiger partial charge on any atom is 0.272 e. The van der Waals surface area contributed by atoms with E-state index in [-0.39, 0.29) is 41.2 Å². The van der Waals surface area contributed by atoms with Crippen LogP contribution in [0.15, 0.2) is 47.6 Å². The van der Waals surface area contributed by atoms with Crippen LogP contribution in [0.1, 0.15) is 29.2 Å². The van der Waals surface area contributed by atoms with Crippen molar-refractivity contribution >= 4 is 29.3 Å². The van der Waals surface area contributed by atoms with Crippen LogP contribution in [0.2, 0.25) is 5.02 Å². The molecule has 0 spiro atoms. The van der Waals surface area contributed by atoms with Gasteiger partial charge in [0.15, 0.2) is 11.9 Å². The third-order valence-electron chi connectivity index (χ3n) is 5.33. The average molecular weight is 511 g/mol. The third kappa shape index (κ3) is 6.80. The van der Waals surface area contributed by atoms with Gasteiger partial charge in [0.2, 0.25) is 5.91 Å². The zero-order chi connectivity index (χ0) is 25.5. The van der Waals surface area contributed by atoms with Crippen LogP contribution in [-0.2, 0) is 21.0 Å². The second-order valence-electron chi connectivity index (χ2n) is 7.73. The summed E-state index contributed by atoms with van der Waals surface area (Å²) < 4.78 is 29.8. The van der Waals surface area contributed by atoms with Crippen molar-refractivity contribution in [2.45, 2.75) is 31.5 Å². The van der Waals surface area contributed by atoms with Gasteiger partial charge < -0.3 is 30.6 Å². The van der Waals surface area contributed by atoms with Gasteiger partial charge in [-0.25, -0.2) is 8.78 Å². The first kappa shape index (κ1) is 26.2. The number of amides is 2. The molecule has 1 aliphatic rings. The average Bonchev–Trinajstić information content (AvgIpc) is 2.80. The van der Waals surface area contributed by atoms with Crippen LogP contribution in [0, 0.1) is 0 Å². The van der Waals surface area contributed by atoms with Gasteiger partial charge in [0, 0.05) is 23.7 Å². The fourth-order valence-corrected chi connectivity index (χ4v) is 3.69. The quantitative estimate of drug-likeness (QED) is 0.255. The number of carbonyl (C=O) groups is 2. The van der Waals surface area contributed by atoms with Gasteiger partial charge >= 0.3 is 0 Å². The molecule has 1 saturated heterocycles. The first-order valence-corrected chi connectivity index (χ1v) is 11.0. The van der Waals surface area contributed by atoms with Crippen molar-refractivity contribution in [2.24, 2.45) is 10.9 Å². The maximum atomic E-state index is 12.8. The molecule has 0 bridgehead atoms. The number of alkyl halides is 2. The Morgan fingerprint density at radius 3 is 2.60 bits per heavy atom. The number of nitrogens with two attached hydrogens (primary N) is 1. The first-order chi connectivity index (χ1) is 16.7. The third-order valence-corrected chi connectivity index (χ3v) is 5.55. The molecule has 2 amide bonds. The Labute approximate surface area is 205 Å². The number of nitrogens with zero attached hydrogens (tertiary/aromatic N) is 2. The van der Waals surface area contributed by atoms with Crippen LogP contribution >= 0.6 is 11.6 Å². The van der Waals surface area contributed by atoms with E-state index < -0.39 is 31.1 Å². The van der Waals surface area contributed by atoms with Crippen LogP contribution in [0.25, 0.3) is 0 Å². The van der Waals surface area contributed by atoms with Crippen LogP contribution in [0.4, 0.5) is 8.78 Å². The number of nitrogens with one attached hydrogen (secondary N) is 1. The Kier molecular flexibility index (Phi) is 8.83. The van der Waals surface area contributed by atoms with Crippen molar-refractivity contribution in [2.75, 3.05) is 20.3 Å². The number of aliphatic hydroxyl groups is 1. The lowest BCUT2D eigenvalue weighted by Crippen LogP contribution is -2.59. The number of hydrogen-bond donors (Lipinski definition) is 3. The molecule has 35 heavy (non-hydrogen) atoms. The van der Waals surface area contributed by atoms with Crippen molar-refractivity contribution in [3.63, 3.8) is 0 Å². The van der Waals surface area contributed by atoms with Gasteiger partial charge in [-0.3, -0.25) is 9.59 Å². The summed E-state index contributed by atoms with van der Waals surface area (Å²) in [6, 6.07) is 10.2. The molecule has 0 aromatic heterocycles. The van der Waals surface area contributed by atoms with Crippen LogP contribution < -0.4 is 15.8 Å². The van der Waals surface area contributed by atoms with Crippen molar-refractivity contribution in [3.8, 4) is 5.75 Å². The zero-order valence-corrected chi connectivity index (χ0v) is 19.5. The van der Waals surface area contributed by atoms with E-state index in [4.69, 9.17) is 22.1 Å². The zero-order valence-electron chi connectivity index (χ0n) is 18.8. The first-order valence-electron chi connectivity index (χ1n) is 10.6. The number of benzene rings is 2. The van der Waals surface area contributed by atoms with Gasteiger partial charge in [-0.2, -0.15) is 0 Å². The molecule has 1 aliphatic heterocycles. The van der Waals surface area contributed by atoms with E-state index in [0.29, 0.717) is 12.0 Å². The number of amidine groups is 1. The summed E-state index contributed by atoms with van der Waals surface area (Å²) in [6.07, 6.45) is -3.89. The van der Waals surface area contributed by atoms with Gasteiger partial charge in [0.25, 0.3) is 12.3 Å². The van der Waals surface area contributed by atoms with E-state index in [2.05, 4.69) is 15.3 Å². The standard InChI is InChI=1S/C23H25ClF2N4O5/c1-34-29-21(27)14-4-2-13(3-5-14)11-28-22(32)18-6-7-30(18)23(33)20(31)15-8-16(24)10-17(9-15)35-12-19(25)26/h2-5,8-10,18-20,31H,6-7,11-12H2,1H3,(H2,27,29)(H,28,32). The number of carbonyl (C=O) groups excluding carboxylic acids is 2. The van der Waals surface area contributed by atoms with E-state index in [1.54, 1.807) is 24.3 Å². The number of aliphatic hydroxyl groups excluding tert-OH is 1. The fourth-order valence-electron chi connectivity index (χ4n) is 3.46. The maximum absolute atomic E-state index is 12.8. The Bertz CT molecular complexity index is 1080. The largest absolute Gasteiger partial charge is 0.488 e. The molecule has 0 radical (unpaired) electrons. The lowest BCUT2D eigenvalue weighted by Gasteiger charge is -2.40. The van der Waals surface area contributed by atoms with Crippen molar-refractivity contribution < 1.29 is 33.1 Å². The van der Waals surface area contributed by atoms with Gasteiger partial charge in [0.1, 0.15) is 25.5 Å². The van der Waals surface area contributed by atoms with Crippen molar-refractivity contribution in [1.29, 1.82) is 0 Å². The highest BCUT2D eigenvalue weighted by Gasteiger charge is 2.40. The van der Waals surface area contributed by atoms with Gasteiger partial charge in [-0.05, 0) is 35.7 Å². The minimum Gasteiger partial charge on any atom is -0.488 e. The molecule has 0 saturated carbocycles. The molecular formula is C23H25ClF2N4O5. The van der Waals surface area contributed by atoms with E-state index in [1.165, 1.54) is 30.2 Å². The summed E-state index contributed by atoms with van der Waals surface area (Å²) in [7, 11) is 1.39. The number of likely N-dealkylation sites (tertiary alicyclic amines) is 1. The number of hydrogen-bond acceptors (Lipinski definition) is 6. The summed E-state index contributed by atoms with van der Waals surface area (Å²) >= 11 is 5.98. The summed E-state index contributed by atoms with van der Waals surface area (Å²) in [6.45, 7) is -0.341. The van der Waals surface area contributed by atoms with Crippen molar-refractivity contribution in [3.05, 3.63) is 64.2 Å². The molecule has 1 heterocycles. The molecule has 2 unspecified atom stereocenters. The number of rotatable bonds is 10. The summed E-state index contributed by atoms with van der Waals surface area (Å²) in [5.74, 6) is -0.847. The van der Waals surface area contributed by atoms with E-state index in [9.17, 15) is 23.5 Å². The minimum absolute atomic E-state index is 0.00109. The Morgan fingerprint density at radius 1 is 1.29 bits per heavy atom. The Morgan fingerprint density at radius 2 is 2.00 bits per heavy atom. The van der Waals surface area contributed by atoms with E-state index >= 15 is 0 Å². The van der Waals surface area contributed by atoms with Gasteiger partial charge in [-0.1, -0.05) is 41.0 Å². The lowest BCUT2D eigenvalue weighted by molar-refractivity contribution is -0.154. The highest BCUT2D eigenvalue weighted by atomic mass is 35.5. The molecule has 0 aliphatic carbocycles. The predicted molar refractivity (Wildman–Crippen MR) is 124 cm³/mol. The summed E-state index contributed by atoms with van der Waals surface area (Å²) in [4.78, 5) is 31.3. The topological polar surface area (TPSA) is 126 Å². The van der Waals surface area contributed by atoms with Crippen molar-refractivity contribution in [1.82, 2.24) is 10.2 Å². The monoisotopic (exact) mass is 510 g/mol. The summed E-state index contributed by atoms with van der Waals surface area (Å²) in [5, 5.41) is 17.1. The second-order valence-corrected chi connectivity index (χ2v) is 8.17. The molecular weight excluding hydrogens is 486 g/mol. The number of halogens is 3. The second kappa shape index (κ2) is 11.8. The molecule has 2 aromatic rings. The molecule has 188 valence electrons. The van der Waals surface area contributed by atoms with Gasteiger partial charge in [0.05, 0.1) is 0 Å².